The second kappa shape index (κ2) is 6.89. The van der Waals surface area contributed by atoms with Gasteiger partial charge in [0.1, 0.15) is 0 Å². The predicted molar refractivity (Wildman–Crippen MR) is 68.9 cm³/mol. The molecule has 0 amide bonds. The third kappa shape index (κ3) is 5.29. The lowest BCUT2D eigenvalue weighted by atomic mass is 10.5. The zero-order valence-electron chi connectivity index (χ0n) is 7.27. The van der Waals surface area contributed by atoms with Gasteiger partial charge in [0.15, 0.2) is 0 Å². The Hall–Kier alpha value is -0.490. The normalized spacial score (nSPS) is 8.71. The van der Waals surface area contributed by atoms with Gasteiger partial charge in [-0.3, -0.25) is 9.97 Å². The molecule has 0 bridgehead atoms. The first-order chi connectivity index (χ1) is 6.79. The molecule has 0 unspecified atom stereocenters. The molecule has 0 aliphatic rings. The summed E-state index contributed by atoms with van der Waals surface area (Å²) >= 11 is 5.51. The third-order valence-corrected chi connectivity index (χ3v) is 2.53. The SMILES string of the molecule is Brc1ccncc1.Ic1ccncc1. The summed E-state index contributed by atoms with van der Waals surface area (Å²) in [5.41, 5.74) is 0. The molecule has 0 fully saturated rings. The van der Waals surface area contributed by atoms with E-state index in [0.717, 1.165) is 4.47 Å². The average Bonchev–Trinajstić information content (AvgIpc) is 2.21. The summed E-state index contributed by atoms with van der Waals surface area (Å²) in [6.45, 7) is 0. The highest BCUT2D eigenvalue weighted by atomic mass is 127. The lowest BCUT2D eigenvalue weighted by molar-refractivity contribution is 1.32. The van der Waals surface area contributed by atoms with Gasteiger partial charge in [-0.1, -0.05) is 15.9 Å². The maximum absolute atomic E-state index is 3.84. The molecule has 0 N–H and O–H groups in total. The maximum Gasteiger partial charge on any atom is 0.0279 e. The average molecular weight is 363 g/mol. The molecule has 0 aliphatic carbocycles. The van der Waals surface area contributed by atoms with Crippen LogP contribution in [-0.2, 0) is 0 Å². The van der Waals surface area contributed by atoms with Gasteiger partial charge < -0.3 is 0 Å². The zero-order chi connectivity index (χ0) is 10.2. The Bertz CT molecular complexity index is 316. The Balaban J connectivity index is 0.000000140. The number of hydrogen-bond donors (Lipinski definition) is 0. The first-order valence-electron chi connectivity index (χ1n) is 3.90. The summed E-state index contributed by atoms with van der Waals surface area (Å²) in [6.07, 6.45) is 7.04. The van der Waals surface area contributed by atoms with Crippen molar-refractivity contribution in [3.05, 3.63) is 57.1 Å². The standard InChI is InChI=1S/C5H4BrN.C5H4IN/c2*6-5-1-3-7-4-2-5/h2*1-4H. The number of halogens is 2. The van der Waals surface area contributed by atoms with Gasteiger partial charge in [0, 0.05) is 32.8 Å². The number of pyridine rings is 2. The lowest BCUT2D eigenvalue weighted by Crippen LogP contribution is -1.67. The van der Waals surface area contributed by atoms with Crippen molar-refractivity contribution in [2.45, 2.75) is 0 Å². The van der Waals surface area contributed by atoms with Crippen molar-refractivity contribution in [3.8, 4) is 0 Å². The van der Waals surface area contributed by atoms with Crippen LogP contribution < -0.4 is 0 Å². The summed E-state index contributed by atoms with van der Waals surface area (Å²) < 4.78 is 2.30. The minimum Gasteiger partial charge on any atom is -0.265 e. The van der Waals surface area contributed by atoms with Crippen LogP contribution in [0.2, 0.25) is 0 Å². The van der Waals surface area contributed by atoms with Crippen molar-refractivity contribution in [2.75, 3.05) is 0 Å². The Labute approximate surface area is 105 Å². The van der Waals surface area contributed by atoms with Crippen LogP contribution in [0.5, 0.6) is 0 Å². The molecule has 72 valence electrons. The summed E-state index contributed by atoms with van der Waals surface area (Å²) in [5, 5.41) is 0. The summed E-state index contributed by atoms with van der Waals surface area (Å²) in [5.74, 6) is 0. The van der Waals surface area contributed by atoms with Crippen molar-refractivity contribution in [1.29, 1.82) is 0 Å². The Morgan fingerprint density at radius 3 is 1.50 bits per heavy atom. The largest absolute Gasteiger partial charge is 0.265 e. The van der Waals surface area contributed by atoms with Crippen LogP contribution in [0.15, 0.2) is 53.5 Å². The van der Waals surface area contributed by atoms with Crippen molar-refractivity contribution in [3.63, 3.8) is 0 Å². The molecule has 2 aromatic heterocycles. The Morgan fingerprint density at radius 1 is 0.857 bits per heavy atom. The smallest absolute Gasteiger partial charge is 0.0279 e. The summed E-state index contributed by atoms with van der Waals surface area (Å²) in [6, 6.07) is 7.70. The van der Waals surface area contributed by atoms with E-state index in [0.29, 0.717) is 0 Å². The van der Waals surface area contributed by atoms with E-state index >= 15 is 0 Å². The van der Waals surface area contributed by atoms with Gasteiger partial charge in [-0.25, -0.2) is 0 Å². The molecule has 0 saturated heterocycles. The van der Waals surface area contributed by atoms with Crippen molar-refractivity contribution in [1.82, 2.24) is 9.97 Å². The van der Waals surface area contributed by atoms with Gasteiger partial charge in [-0.15, -0.1) is 0 Å². The van der Waals surface area contributed by atoms with Crippen molar-refractivity contribution < 1.29 is 0 Å². The number of hydrogen-bond acceptors (Lipinski definition) is 2. The van der Waals surface area contributed by atoms with Gasteiger partial charge in [-0.05, 0) is 46.9 Å². The number of nitrogens with zero attached hydrogens (tertiary/aromatic N) is 2. The monoisotopic (exact) mass is 362 g/mol. The Kier molecular flexibility index (Phi) is 5.70. The molecule has 0 spiro atoms. The first-order valence-corrected chi connectivity index (χ1v) is 5.77. The van der Waals surface area contributed by atoms with E-state index in [2.05, 4.69) is 48.5 Å². The fourth-order valence-corrected chi connectivity index (χ4v) is 1.23. The van der Waals surface area contributed by atoms with Gasteiger partial charge >= 0.3 is 0 Å². The minimum absolute atomic E-state index is 1.07. The fraction of sp³-hybridized carbons (Fsp3) is 0. The van der Waals surface area contributed by atoms with Crippen LogP contribution in [0.3, 0.4) is 0 Å². The second-order valence-corrected chi connectivity index (χ2v) is 4.49. The van der Waals surface area contributed by atoms with E-state index in [9.17, 15) is 0 Å². The molecule has 0 aliphatic heterocycles. The molecule has 0 radical (unpaired) electrons. The van der Waals surface area contributed by atoms with Gasteiger partial charge in [0.2, 0.25) is 0 Å². The van der Waals surface area contributed by atoms with Crippen LogP contribution in [0.1, 0.15) is 0 Å². The molecular weight excluding hydrogens is 355 g/mol. The van der Waals surface area contributed by atoms with E-state index in [1.165, 1.54) is 3.57 Å². The summed E-state index contributed by atoms with van der Waals surface area (Å²) in [7, 11) is 0. The molecule has 2 nitrogen and oxygen atoms in total. The molecule has 0 saturated carbocycles. The maximum atomic E-state index is 3.84. The van der Waals surface area contributed by atoms with Crippen molar-refractivity contribution >= 4 is 38.5 Å². The third-order valence-electron chi connectivity index (χ3n) is 1.28. The highest BCUT2D eigenvalue weighted by Crippen LogP contribution is 2.03. The molecule has 4 heteroatoms. The molecule has 0 atom stereocenters. The van der Waals surface area contributed by atoms with E-state index in [1.807, 2.05) is 24.3 Å². The topological polar surface area (TPSA) is 25.8 Å². The van der Waals surface area contributed by atoms with Crippen molar-refractivity contribution in [2.24, 2.45) is 0 Å². The predicted octanol–water partition coefficient (Wildman–Crippen LogP) is 3.53. The minimum atomic E-state index is 1.07. The van der Waals surface area contributed by atoms with Crippen LogP contribution in [-0.4, -0.2) is 9.97 Å². The number of aromatic nitrogens is 2. The van der Waals surface area contributed by atoms with E-state index in [4.69, 9.17) is 0 Å². The highest BCUT2D eigenvalue weighted by molar-refractivity contribution is 14.1. The van der Waals surface area contributed by atoms with Gasteiger partial charge in [0.05, 0.1) is 0 Å². The molecular formula is C10H8BrIN2. The van der Waals surface area contributed by atoms with Gasteiger partial charge in [-0.2, -0.15) is 0 Å². The van der Waals surface area contributed by atoms with Gasteiger partial charge in [0.25, 0.3) is 0 Å². The Morgan fingerprint density at radius 2 is 1.29 bits per heavy atom. The number of rotatable bonds is 0. The second-order valence-electron chi connectivity index (χ2n) is 2.33. The van der Waals surface area contributed by atoms with Crippen LogP contribution in [0.4, 0.5) is 0 Å². The van der Waals surface area contributed by atoms with E-state index in [-0.39, 0.29) is 0 Å². The fourth-order valence-electron chi connectivity index (χ4n) is 0.667. The zero-order valence-corrected chi connectivity index (χ0v) is 11.0. The summed E-state index contributed by atoms with van der Waals surface area (Å²) in [4.78, 5) is 7.66. The molecule has 2 aromatic rings. The quantitative estimate of drug-likeness (QED) is 0.670. The molecule has 0 aromatic carbocycles. The molecule has 14 heavy (non-hydrogen) atoms. The van der Waals surface area contributed by atoms with E-state index in [1.54, 1.807) is 24.8 Å². The molecule has 2 rings (SSSR count). The van der Waals surface area contributed by atoms with Crippen LogP contribution in [0.25, 0.3) is 0 Å². The molecule has 2 heterocycles. The van der Waals surface area contributed by atoms with E-state index < -0.39 is 0 Å². The highest BCUT2D eigenvalue weighted by Gasteiger charge is 1.75. The lowest BCUT2D eigenvalue weighted by Gasteiger charge is -1.80. The van der Waals surface area contributed by atoms with Crippen LogP contribution in [0, 0.1) is 3.57 Å². The first kappa shape index (κ1) is 11.6. The van der Waals surface area contributed by atoms with Crippen LogP contribution >= 0.6 is 38.5 Å².